The summed E-state index contributed by atoms with van der Waals surface area (Å²) in [5.74, 6) is 0.433. The summed E-state index contributed by atoms with van der Waals surface area (Å²) in [5.41, 5.74) is 0.414. The molecule has 20 heavy (non-hydrogen) atoms. The average Bonchev–Trinajstić information content (AvgIpc) is 2.76. The Morgan fingerprint density at radius 1 is 1.55 bits per heavy atom. The predicted molar refractivity (Wildman–Crippen MR) is 72.1 cm³/mol. The summed E-state index contributed by atoms with van der Waals surface area (Å²) in [6, 6.07) is 3.66. The number of aryl methyl sites for hydroxylation is 1. The minimum Gasteiger partial charge on any atom is -0.361 e. The van der Waals surface area contributed by atoms with Crippen molar-refractivity contribution in [1.82, 2.24) is 14.8 Å². The van der Waals surface area contributed by atoms with Crippen molar-refractivity contribution in [2.75, 3.05) is 19.6 Å². The van der Waals surface area contributed by atoms with Gasteiger partial charge < -0.3 is 4.52 Å². The summed E-state index contributed by atoms with van der Waals surface area (Å²) in [5, 5.41) is 12.3. The maximum absolute atomic E-state index is 12.0. The summed E-state index contributed by atoms with van der Waals surface area (Å²) in [6.07, 6.45) is 1.44. The smallest absolute Gasteiger partial charge is 0.217 e. The first kappa shape index (κ1) is 15.0. The van der Waals surface area contributed by atoms with Gasteiger partial charge in [-0.25, -0.2) is 13.1 Å². The molecular weight excluding hydrogens is 280 g/mol. The first-order valence-corrected chi connectivity index (χ1v) is 8.15. The van der Waals surface area contributed by atoms with Crippen LogP contribution in [0.1, 0.15) is 24.3 Å². The number of aromatic nitrogens is 1. The molecule has 2 rings (SSSR count). The van der Waals surface area contributed by atoms with Gasteiger partial charge in [-0.05, 0) is 19.8 Å². The summed E-state index contributed by atoms with van der Waals surface area (Å²) in [6.45, 7) is 3.60. The quantitative estimate of drug-likeness (QED) is 0.789. The van der Waals surface area contributed by atoms with Crippen LogP contribution in [0.5, 0.6) is 0 Å². The average molecular weight is 298 g/mol. The number of piperidine rings is 1. The van der Waals surface area contributed by atoms with Gasteiger partial charge in [-0.1, -0.05) is 5.16 Å². The van der Waals surface area contributed by atoms with Crippen LogP contribution >= 0.6 is 0 Å². The predicted octanol–water partition coefficient (Wildman–Crippen LogP) is 0.390. The Bertz CT molecular complexity index is 582. The second-order valence-electron chi connectivity index (χ2n) is 5.01. The molecule has 0 radical (unpaired) electrons. The van der Waals surface area contributed by atoms with Crippen LogP contribution in [0.15, 0.2) is 10.6 Å². The number of hydrogen-bond donors (Lipinski definition) is 1. The monoisotopic (exact) mass is 298 g/mol. The second kappa shape index (κ2) is 6.35. The Morgan fingerprint density at radius 2 is 2.25 bits per heavy atom. The van der Waals surface area contributed by atoms with E-state index in [0.717, 1.165) is 25.9 Å². The highest BCUT2D eigenvalue weighted by Crippen LogP contribution is 2.12. The fraction of sp³-hybridized carbons (Fsp3) is 0.667. The van der Waals surface area contributed by atoms with E-state index in [9.17, 15) is 8.42 Å². The SMILES string of the molecule is Cc1cc(CS(=O)(=O)NC2CCN(CC#N)CC2)no1. The normalized spacial score (nSPS) is 18.0. The minimum atomic E-state index is -3.41. The minimum absolute atomic E-state index is 0.0667. The zero-order valence-corrected chi connectivity index (χ0v) is 12.2. The lowest BCUT2D eigenvalue weighted by atomic mass is 10.1. The summed E-state index contributed by atoms with van der Waals surface area (Å²) in [4.78, 5) is 2.02. The van der Waals surface area contributed by atoms with E-state index in [0.29, 0.717) is 18.0 Å². The Labute approximate surface area is 118 Å². The largest absolute Gasteiger partial charge is 0.361 e. The van der Waals surface area contributed by atoms with E-state index in [4.69, 9.17) is 9.78 Å². The van der Waals surface area contributed by atoms with Gasteiger partial charge in [0.1, 0.15) is 17.2 Å². The molecule has 1 N–H and O–H groups in total. The zero-order valence-electron chi connectivity index (χ0n) is 11.4. The van der Waals surface area contributed by atoms with Gasteiger partial charge in [0.15, 0.2) is 0 Å². The molecule has 0 unspecified atom stereocenters. The number of sulfonamides is 1. The second-order valence-corrected chi connectivity index (χ2v) is 6.77. The van der Waals surface area contributed by atoms with Gasteiger partial charge in [0.25, 0.3) is 0 Å². The molecule has 0 atom stereocenters. The van der Waals surface area contributed by atoms with E-state index in [1.807, 2.05) is 4.90 Å². The lowest BCUT2D eigenvalue weighted by Gasteiger charge is -2.30. The van der Waals surface area contributed by atoms with E-state index in [-0.39, 0.29) is 11.8 Å². The van der Waals surface area contributed by atoms with Crippen LogP contribution in [0.3, 0.4) is 0 Å². The van der Waals surface area contributed by atoms with Gasteiger partial charge in [-0.15, -0.1) is 0 Å². The third-order valence-corrected chi connectivity index (χ3v) is 4.61. The third-order valence-electron chi connectivity index (χ3n) is 3.24. The van der Waals surface area contributed by atoms with Crippen molar-refractivity contribution in [3.8, 4) is 6.07 Å². The van der Waals surface area contributed by atoms with Gasteiger partial charge >= 0.3 is 0 Å². The molecule has 1 aliphatic rings. The Hall–Kier alpha value is -1.43. The van der Waals surface area contributed by atoms with Crippen molar-refractivity contribution in [2.45, 2.75) is 31.6 Å². The van der Waals surface area contributed by atoms with Crippen molar-refractivity contribution in [1.29, 1.82) is 5.26 Å². The molecule has 1 fully saturated rings. The molecule has 0 saturated carbocycles. The van der Waals surface area contributed by atoms with E-state index >= 15 is 0 Å². The maximum atomic E-state index is 12.0. The van der Waals surface area contributed by atoms with Gasteiger partial charge in [-0.3, -0.25) is 4.90 Å². The molecule has 0 amide bonds. The Kier molecular flexibility index (Phi) is 4.75. The van der Waals surface area contributed by atoms with E-state index in [1.54, 1.807) is 13.0 Å². The Morgan fingerprint density at radius 3 is 2.80 bits per heavy atom. The molecule has 2 heterocycles. The number of hydrogen-bond acceptors (Lipinski definition) is 6. The topological polar surface area (TPSA) is 99.2 Å². The van der Waals surface area contributed by atoms with E-state index < -0.39 is 10.0 Å². The summed E-state index contributed by atoms with van der Waals surface area (Å²) >= 11 is 0. The Balaban J connectivity index is 1.85. The van der Waals surface area contributed by atoms with Crippen molar-refractivity contribution in [2.24, 2.45) is 0 Å². The van der Waals surface area contributed by atoms with Crippen molar-refractivity contribution in [3.05, 3.63) is 17.5 Å². The molecule has 1 aromatic rings. The van der Waals surface area contributed by atoms with Gasteiger partial charge in [0, 0.05) is 25.2 Å². The first-order valence-electron chi connectivity index (χ1n) is 6.50. The molecule has 1 aliphatic heterocycles. The van der Waals surface area contributed by atoms with Gasteiger partial charge in [-0.2, -0.15) is 5.26 Å². The molecule has 7 nitrogen and oxygen atoms in total. The highest BCUT2D eigenvalue weighted by molar-refractivity contribution is 7.88. The molecule has 0 aliphatic carbocycles. The number of nitriles is 1. The summed E-state index contributed by atoms with van der Waals surface area (Å²) in [7, 11) is -3.41. The molecule has 8 heteroatoms. The highest BCUT2D eigenvalue weighted by atomic mass is 32.2. The van der Waals surface area contributed by atoms with Crippen LogP contribution in [-0.4, -0.2) is 44.2 Å². The van der Waals surface area contributed by atoms with Gasteiger partial charge in [0.05, 0.1) is 12.6 Å². The fourth-order valence-corrected chi connectivity index (χ4v) is 3.64. The molecule has 0 bridgehead atoms. The van der Waals surface area contributed by atoms with Gasteiger partial charge in [0.2, 0.25) is 10.0 Å². The number of nitrogens with one attached hydrogen (secondary N) is 1. The number of likely N-dealkylation sites (tertiary alicyclic amines) is 1. The lowest BCUT2D eigenvalue weighted by molar-refractivity contribution is 0.229. The first-order chi connectivity index (χ1) is 9.48. The molecular formula is C12H18N4O3S. The van der Waals surface area contributed by atoms with Crippen molar-refractivity contribution in [3.63, 3.8) is 0 Å². The maximum Gasteiger partial charge on any atom is 0.217 e. The highest BCUT2D eigenvalue weighted by Gasteiger charge is 2.24. The summed E-state index contributed by atoms with van der Waals surface area (Å²) < 4.78 is 31.6. The zero-order chi connectivity index (χ0) is 14.6. The molecule has 110 valence electrons. The molecule has 0 aromatic carbocycles. The number of nitrogens with zero attached hydrogens (tertiary/aromatic N) is 3. The van der Waals surface area contributed by atoms with Crippen LogP contribution in [0.25, 0.3) is 0 Å². The lowest BCUT2D eigenvalue weighted by Crippen LogP contribution is -2.44. The number of rotatable bonds is 5. The fourth-order valence-electron chi connectivity index (χ4n) is 2.29. The van der Waals surface area contributed by atoms with Crippen LogP contribution < -0.4 is 4.72 Å². The molecule has 1 saturated heterocycles. The third kappa shape index (κ3) is 4.30. The molecule has 1 aromatic heterocycles. The van der Waals surface area contributed by atoms with Crippen molar-refractivity contribution >= 4 is 10.0 Å². The van der Waals surface area contributed by atoms with Crippen LogP contribution in [0.2, 0.25) is 0 Å². The molecule has 0 spiro atoms. The van der Waals surface area contributed by atoms with Crippen molar-refractivity contribution < 1.29 is 12.9 Å². The van der Waals surface area contributed by atoms with E-state index in [2.05, 4.69) is 15.9 Å². The van der Waals surface area contributed by atoms with Crippen LogP contribution in [0.4, 0.5) is 0 Å². The standard InChI is InChI=1S/C12H18N4O3S/c1-10-8-12(14-19-10)9-20(17,18)15-11-2-5-16(6-3-11)7-4-13/h8,11,15H,2-3,5-7,9H2,1H3. The van der Waals surface area contributed by atoms with E-state index in [1.165, 1.54) is 0 Å². The van der Waals surface area contributed by atoms with Crippen LogP contribution in [0, 0.1) is 18.3 Å². The van der Waals surface area contributed by atoms with Crippen LogP contribution in [-0.2, 0) is 15.8 Å².